The fourth-order valence-corrected chi connectivity index (χ4v) is 10.3. The molecule has 278 valence electrons. The average molecular weight is 742 g/mol. The largest absolute Gasteiger partial charge is 0.490 e. The van der Waals surface area contributed by atoms with Gasteiger partial charge in [-0.3, -0.25) is 9.69 Å². The van der Waals surface area contributed by atoms with E-state index in [-0.39, 0.29) is 35.3 Å². The lowest BCUT2D eigenvalue weighted by Gasteiger charge is -2.49. The van der Waals surface area contributed by atoms with E-state index in [1.165, 1.54) is 11.1 Å². The van der Waals surface area contributed by atoms with Gasteiger partial charge in [0, 0.05) is 48.7 Å². The smallest absolute Gasteiger partial charge is 0.264 e. The highest BCUT2D eigenvalue weighted by Gasteiger charge is 2.48. The fraction of sp³-hybridized carbons (Fsp3) is 0.615. The number of rotatable bonds is 5. The fourth-order valence-electron chi connectivity index (χ4n) is 8.78. The van der Waals surface area contributed by atoms with Crippen molar-refractivity contribution in [2.24, 2.45) is 17.8 Å². The number of carbonyl (C=O) groups excluding carboxylic acids is 1. The zero-order valence-electron chi connectivity index (χ0n) is 29.8. The van der Waals surface area contributed by atoms with Gasteiger partial charge in [-0.2, -0.15) is 0 Å². The van der Waals surface area contributed by atoms with E-state index in [4.69, 9.17) is 25.8 Å². The minimum atomic E-state index is -3.99. The second kappa shape index (κ2) is 15.0. The van der Waals surface area contributed by atoms with Crippen molar-refractivity contribution < 1.29 is 32.5 Å². The lowest BCUT2D eigenvalue weighted by molar-refractivity contribution is -0.0981. The molecule has 0 aromatic heterocycles. The Labute approximate surface area is 307 Å². The summed E-state index contributed by atoms with van der Waals surface area (Å²) < 4.78 is 47.6. The van der Waals surface area contributed by atoms with Crippen LogP contribution >= 0.6 is 11.6 Å². The summed E-state index contributed by atoms with van der Waals surface area (Å²) in [6, 6.07) is 11.4. The van der Waals surface area contributed by atoms with Crippen LogP contribution in [0.5, 0.6) is 5.75 Å². The maximum Gasteiger partial charge on any atom is 0.264 e. The number of nitrogens with one attached hydrogen (secondary N) is 1. The summed E-state index contributed by atoms with van der Waals surface area (Å²) in [6.07, 6.45) is 8.89. The highest BCUT2D eigenvalue weighted by atomic mass is 35.5. The van der Waals surface area contributed by atoms with Crippen molar-refractivity contribution in [1.82, 2.24) is 9.62 Å². The van der Waals surface area contributed by atoms with Crippen molar-refractivity contribution >= 4 is 33.2 Å². The van der Waals surface area contributed by atoms with Crippen LogP contribution in [0.15, 0.2) is 48.6 Å². The van der Waals surface area contributed by atoms with Crippen LogP contribution in [0.2, 0.25) is 5.02 Å². The third-order valence-electron chi connectivity index (χ3n) is 12.2. The summed E-state index contributed by atoms with van der Waals surface area (Å²) in [6.45, 7) is 9.89. The summed E-state index contributed by atoms with van der Waals surface area (Å²) >= 11 is 6.46. The van der Waals surface area contributed by atoms with Crippen molar-refractivity contribution in [3.05, 3.63) is 70.3 Å². The van der Waals surface area contributed by atoms with Crippen molar-refractivity contribution in [1.29, 1.82) is 0 Å². The summed E-state index contributed by atoms with van der Waals surface area (Å²) in [7, 11) is -3.99. The standard InChI is InChI=1S/C39H52ClN3O7S/c1-27-5-3-14-39(45,26-49-20-17-42-15-18-48-19-16-42)34-10-7-31(34)23-43-24-38(13-4-6-29-21-32(40)9-11-33(29)38)25-50-36-12-8-30(22-35(36)43)37(44)41-51(46,47)28(27)2/h3,8-9,11-12,14,21-22,27-28,31,34,45H,4-7,10,13,15-20,23-26H2,1-2H3,(H,41,44)/b14-3-/t27-,28+,31-,34+,38-,39-/m0/s1. The number of aliphatic hydroxyl groups is 1. The lowest BCUT2D eigenvalue weighted by Crippen LogP contribution is -2.54. The molecule has 0 unspecified atom stereocenters. The molecule has 7 rings (SSSR count). The predicted octanol–water partition coefficient (Wildman–Crippen LogP) is 4.96. The third kappa shape index (κ3) is 7.71. The molecule has 10 nitrogen and oxygen atoms in total. The van der Waals surface area contributed by atoms with E-state index in [1.54, 1.807) is 25.1 Å². The Hall–Kier alpha value is -2.67. The maximum atomic E-state index is 13.5. The molecule has 5 aliphatic rings. The van der Waals surface area contributed by atoms with Gasteiger partial charge in [-0.1, -0.05) is 36.7 Å². The molecule has 51 heavy (non-hydrogen) atoms. The number of carbonyl (C=O) groups is 1. The topological polar surface area (TPSA) is 118 Å². The van der Waals surface area contributed by atoms with E-state index < -0.39 is 26.8 Å². The number of morpholine rings is 1. The normalized spacial score (nSPS) is 33.2. The molecule has 6 atom stereocenters. The summed E-state index contributed by atoms with van der Waals surface area (Å²) in [4.78, 5) is 18.2. The first-order valence-corrected chi connectivity index (χ1v) is 20.5. The molecule has 2 bridgehead atoms. The molecule has 1 amide bonds. The molecule has 2 aliphatic carbocycles. The predicted molar refractivity (Wildman–Crippen MR) is 198 cm³/mol. The molecule has 2 N–H and O–H groups in total. The SMILES string of the molecule is C[C@@H]1[C@@H](C)C/C=C\[C@](O)(COCCN2CCOCC2)[C@@H]2CC[C@H]2CN2C[C@@]3(CCCc4cc(Cl)ccc43)COc3ccc(cc32)C(=O)NS1(=O)=O. The van der Waals surface area contributed by atoms with Crippen LogP contribution in [0, 0.1) is 17.8 Å². The molecule has 1 saturated carbocycles. The molecule has 1 saturated heterocycles. The summed E-state index contributed by atoms with van der Waals surface area (Å²) in [5.41, 5.74) is 1.97. The van der Waals surface area contributed by atoms with E-state index >= 15 is 0 Å². The Balaban J connectivity index is 1.23. The zero-order valence-corrected chi connectivity index (χ0v) is 31.4. The van der Waals surface area contributed by atoms with Gasteiger partial charge < -0.3 is 24.2 Å². The van der Waals surface area contributed by atoms with E-state index in [1.807, 2.05) is 25.1 Å². The van der Waals surface area contributed by atoms with Gasteiger partial charge in [0.2, 0.25) is 10.0 Å². The average Bonchev–Trinajstić information content (AvgIpc) is 3.24. The van der Waals surface area contributed by atoms with Gasteiger partial charge in [0.25, 0.3) is 5.91 Å². The van der Waals surface area contributed by atoms with Crippen LogP contribution in [-0.2, 0) is 31.3 Å². The molecule has 2 aromatic carbocycles. The molecular weight excluding hydrogens is 690 g/mol. The van der Waals surface area contributed by atoms with E-state index in [0.29, 0.717) is 38.5 Å². The molecule has 2 aromatic rings. The van der Waals surface area contributed by atoms with E-state index in [2.05, 4.69) is 26.7 Å². The first-order valence-electron chi connectivity index (χ1n) is 18.6. The Morgan fingerprint density at radius 3 is 2.73 bits per heavy atom. The van der Waals surface area contributed by atoms with Crippen LogP contribution in [0.3, 0.4) is 0 Å². The number of aryl methyl sites for hydroxylation is 1. The minimum absolute atomic E-state index is 0.0611. The number of halogens is 1. The van der Waals surface area contributed by atoms with E-state index in [0.717, 1.165) is 75.7 Å². The van der Waals surface area contributed by atoms with Crippen LogP contribution in [-0.4, -0.2) is 101 Å². The highest BCUT2D eigenvalue weighted by molar-refractivity contribution is 7.90. The number of ether oxygens (including phenoxy) is 3. The Morgan fingerprint density at radius 1 is 1.12 bits per heavy atom. The number of allylic oxidation sites excluding steroid dienone is 1. The quantitative estimate of drug-likeness (QED) is 0.324. The lowest BCUT2D eigenvalue weighted by atomic mass is 9.64. The van der Waals surface area contributed by atoms with Crippen molar-refractivity contribution in [3.8, 4) is 5.75 Å². The van der Waals surface area contributed by atoms with Gasteiger partial charge in [-0.15, -0.1) is 0 Å². The van der Waals surface area contributed by atoms with E-state index in [9.17, 15) is 18.3 Å². The van der Waals surface area contributed by atoms with Gasteiger partial charge >= 0.3 is 0 Å². The first kappa shape index (κ1) is 36.7. The van der Waals surface area contributed by atoms with Crippen LogP contribution < -0.4 is 14.4 Å². The Bertz CT molecular complexity index is 1730. The summed E-state index contributed by atoms with van der Waals surface area (Å²) in [5, 5.41) is 12.3. The second-order valence-electron chi connectivity index (χ2n) is 15.5. The molecular formula is C39H52ClN3O7S. The summed E-state index contributed by atoms with van der Waals surface area (Å²) in [5.74, 6) is -0.201. The molecule has 2 fully saturated rings. The van der Waals surface area contributed by atoms with Crippen LogP contribution in [0.1, 0.15) is 67.4 Å². The number of hydrogen-bond acceptors (Lipinski definition) is 9. The Morgan fingerprint density at radius 2 is 1.94 bits per heavy atom. The molecule has 3 heterocycles. The molecule has 3 aliphatic heterocycles. The van der Waals surface area contributed by atoms with Gasteiger partial charge in [0.1, 0.15) is 11.4 Å². The van der Waals surface area contributed by atoms with Crippen LogP contribution in [0.4, 0.5) is 5.69 Å². The highest BCUT2D eigenvalue weighted by Crippen LogP contribution is 2.48. The molecule has 12 heteroatoms. The zero-order chi connectivity index (χ0) is 35.8. The maximum absolute atomic E-state index is 13.5. The van der Waals surface area contributed by atoms with Gasteiger partial charge in [0.05, 0.1) is 44.0 Å². The van der Waals surface area contributed by atoms with Crippen LogP contribution in [0.25, 0.3) is 0 Å². The number of amides is 1. The molecule has 0 radical (unpaired) electrons. The first-order chi connectivity index (χ1) is 24.5. The number of fused-ring (bicyclic) bond motifs is 4. The number of nitrogens with zero attached hydrogens (tertiary/aromatic N) is 2. The van der Waals surface area contributed by atoms with Gasteiger partial charge in [-0.05, 0) is 105 Å². The van der Waals surface area contributed by atoms with Gasteiger partial charge in [-0.25, -0.2) is 13.1 Å². The monoisotopic (exact) mass is 741 g/mol. The number of sulfonamides is 1. The second-order valence-corrected chi connectivity index (χ2v) is 18.0. The van der Waals surface area contributed by atoms with Gasteiger partial charge in [0.15, 0.2) is 0 Å². The Kier molecular flexibility index (Phi) is 10.8. The third-order valence-corrected chi connectivity index (χ3v) is 14.4. The minimum Gasteiger partial charge on any atom is -0.490 e. The molecule has 1 spiro atoms. The van der Waals surface area contributed by atoms with Crippen molar-refractivity contribution in [2.75, 3.05) is 70.7 Å². The number of benzene rings is 2. The number of hydrogen-bond donors (Lipinski definition) is 2. The van der Waals surface area contributed by atoms with Crippen molar-refractivity contribution in [2.45, 2.75) is 68.6 Å². The van der Waals surface area contributed by atoms with Crippen molar-refractivity contribution in [3.63, 3.8) is 0 Å². The number of anilines is 1.